The fourth-order valence-electron chi connectivity index (χ4n) is 2.51. The summed E-state index contributed by atoms with van der Waals surface area (Å²) in [6.07, 6.45) is 1.07. The van der Waals surface area contributed by atoms with E-state index < -0.39 is 41.8 Å². The van der Waals surface area contributed by atoms with Crippen LogP contribution in [0.1, 0.15) is 54.4 Å². The fraction of sp³-hybridized carbons (Fsp3) is 0.789. The molecule has 9 nitrogen and oxygen atoms in total. The summed E-state index contributed by atoms with van der Waals surface area (Å²) in [7, 11) is 0. The van der Waals surface area contributed by atoms with E-state index in [2.05, 4.69) is 16.0 Å². The Kier molecular flexibility index (Phi) is 11.4. The minimum atomic E-state index is -1.13. The molecule has 6 N–H and O–H groups in total. The monoisotopic (exact) mass is 400 g/mol. The third-order valence-electron chi connectivity index (χ3n) is 4.57. The van der Waals surface area contributed by atoms with Gasteiger partial charge in [0.25, 0.3) is 0 Å². The van der Waals surface area contributed by atoms with E-state index in [0.717, 1.165) is 6.42 Å². The molecule has 4 atom stereocenters. The number of carbonyl (C=O) groups is 4. The Morgan fingerprint density at radius 3 is 1.96 bits per heavy atom. The van der Waals surface area contributed by atoms with Crippen LogP contribution >= 0.6 is 0 Å². The highest BCUT2D eigenvalue weighted by atomic mass is 16.4. The number of nitrogens with two attached hydrogens (primary N) is 1. The predicted octanol–water partition coefficient (Wildman–Crippen LogP) is 0.232. The highest BCUT2D eigenvalue weighted by Crippen LogP contribution is 2.08. The summed E-state index contributed by atoms with van der Waals surface area (Å²) in [4.78, 5) is 48.0. The van der Waals surface area contributed by atoms with Crippen LogP contribution < -0.4 is 21.7 Å². The molecule has 0 aromatic carbocycles. The van der Waals surface area contributed by atoms with Gasteiger partial charge in [-0.05, 0) is 24.2 Å². The van der Waals surface area contributed by atoms with Crippen molar-refractivity contribution in [2.45, 2.75) is 72.5 Å². The highest BCUT2D eigenvalue weighted by Gasteiger charge is 2.29. The molecule has 9 heteroatoms. The van der Waals surface area contributed by atoms with Gasteiger partial charge in [0.2, 0.25) is 17.7 Å². The van der Waals surface area contributed by atoms with E-state index in [4.69, 9.17) is 5.73 Å². The Morgan fingerprint density at radius 2 is 1.54 bits per heavy atom. The number of rotatable bonds is 12. The Labute approximate surface area is 167 Å². The molecular formula is C19H36N4O5. The number of carbonyl (C=O) groups excluding carboxylic acids is 3. The molecule has 0 bridgehead atoms. The molecule has 0 spiro atoms. The minimum Gasteiger partial charge on any atom is -0.480 e. The number of carboxylic acid groups (broad SMARTS) is 1. The summed E-state index contributed by atoms with van der Waals surface area (Å²) in [6, 6.07) is -2.66. The third-order valence-corrected chi connectivity index (χ3v) is 4.57. The molecule has 0 aromatic rings. The highest BCUT2D eigenvalue weighted by molar-refractivity contribution is 5.92. The van der Waals surface area contributed by atoms with E-state index in [1.54, 1.807) is 13.8 Å². The van der Waals surface area contributed by atoms with Crippen molar-refractivity contribution in [2.75, 3.05) is 6.54 Å². The molecule has 0 heterocycles. The summed E-state index contributed by atoms with van der Waals surface area (Å²) in [6.45, 7) is 10.6. The van der Waals surface area contributed by atoms with E-state index in [1.807, 2.05) is 27.7 Å². The van der Waals surface area contributed by atoms with E-state index in [1.165, 1.54) is 0 Å². The molecule has 0 radical (unpaired) electrons. The van der Waals surface area contributed by atoms with Gasteiger partial charge in [0.05, 0.1) is 12.6 Å². The van der Waals surface area contributed by atoms with Gasteiger partial charge in [0, 0.05) is 0 Å². The zero-order chi connectivity index (χ0) is 22.0. The van der Waals surface area contributed by atoms with Crippen molar-refractivity contribution in [1.29, 1.82) is 0 Å². The van der Waals surface area contributed by atoms with E-state index in [-0.39, 0.29) is 24.3 Å². The van der Waals surface area contributed by atoms with Crippen molar-refractivity contribution in [3.05, 3.63) is 0 Å². The summed E-state index contributed by atoms with van der Waals surface area (Å²) in [5, 5.41) is 16.8. The van der Waals surface area contributed by atoms with Gasteiger partial charge in [-0.15, -0.1) is 0 Å². The Balaban J connectivity index is 4.90. The first kappa shape index (κ1) is 25.8. The lowest BCUT2D eigenvalue weighted by Gasteiger charge is -2.24. The lowest BCUT2D eigenvalue weighted by molar-refractivity contribution is -0.143. The average Bonchev–Trinajstić information content (AvgIpc) is 2.60. The SMILES string of the molecule is CCC(C)C(N)C(=O)NCC(=O)NC(CC(C)C)C(=O)NC(C(=O)O)C(C)C. The quantitative estimate of drug-likeness (QED) is 0.316. The van der Waals surface area contributed by atoms with E-state index in [0.29, 0.717) is 6.42 Å². The van der Waals surface area contributed by atoms with Gasteiger partial charge in [-0.2, -0.15) is 0 Å². The Bertz CT molecular complexity index is 550. The first-order valence-electron chi connectivity index (χ1n) is 9.76. The predicted molar refractivity (Wildman–Crippen MR) is 106 cm³/mol. The molecule has 28 heavy (non-hydrogen) atoms. The van der Waals surface area contributed by atoms with Gasteiger partial charge >= 0.3 is 5.97 Å². The van der Waals surface area contributed by atoms with E-state index >= 15 is 0 Å². The molecule has 0 saturated heterocycles. The lowest BCUT2D eigenvalue weighted by atomic mass is 9.99. The van der Waals surface area contributed by atoms with Gasteiger partial charge < -0.3 is 26.8 Å². The molecular weight excluding hydrogens is 364 g/mol. The first-order chi connectivity index (χ1) is 12.9. The molecule has 0 aliphatic heterocycles. The zero-order valence-corrected chi connectivity index (χ0v) is 17.7. The average molecular weight is 401 g/mol. The maximum absolute atomic E-state index is 12.5. The van der Waals surface area contributed by atoms with Gasteiger partial charge in [0.15, 0.2) is 0 Å². The van der Waals surface area contributed by atoms with Crippen molar-refractivity contribution in [1.82, 2.24) is 16.0 Å². The Morgan fingerprint density at radius 1 is 0.964 bits per heavy atom. The lowest BCUT2D eigenvalue weighted by Crippen LogP contribution is -2.55. The largest absolute Gasteiger partial charge is 0.480 e. The standard InChI is InChI=1S/C19H36N4O5/c1-7-12(6)15(20)18(26)21-9-14(24)22-13(8-10(2)3)17(25)23-16(11(4)5)19(27)28/h10-13,15-16H,7-9,20H2,1-6H3,(H,21,26)(H,22,24)(H,23,25)(H,27,28). The first-order valence-corrected chi connectivity index (χ1v) is 9.76. The zero-order valence-electron chi connectivity index (χ0n) is 17.7. The van der Waals surface area contributed by atoms with Gasteiger partial charge in [-0.25, -0.2) is 4.79 Å². The second kappa shape index (κ2) is 12.3. The van der Waals surface area contributed by atoms with Crippen LogP contribution in [0.5, 0.6) is 0 Å². The summed E-state index contributed by atoms with van der Waals surface area (Å²) in [5.74, 6) is -2.91. The summed E-state index contributed by atoms with van der Waals surface area (Å²) >= 11 is 0. The summed E-state index contributed by atoms with van der Waals surface area (Å²) in [5.41, 5.74) is 5.82. The van der Waals surface area contributed by atoms with Crippen LogP contribution in [0, 0.1) is 17.8 Å². The molecule has 4 unspecified atom stereocenters. The number of hydrogen-bond acceptors (Lipinski definition) is 5. The van der Waals surface area contributed by atoms with E-state index in [9.17, 15) is 24.3 Å². The normalized spacial score (nSPS) is 15.5. The van der Waals surface area contributed by atoms with Crippen LogP contribution in [0.3, 0.4) is 0 Å². The molecule has 0 rings (SSSR count). The molecule has 0 aliphatic carbocycles. The fourth-order valence-corrected chi connectivity index (χ4v) is 2.51. The molecule has 0 aromatic heterocycles. The number of hydrogen-bond donors (Lipinski definition) is 5. The van der Waals surface area contributed by atoms with Crippen LogP contribution in [0.2, 0.25) is 0 Å². The smallest absolute Gasteiger partial charge is 0.326 e. The molecule has 0 aliphatic rings. The second-order valence-electron chi connectivity index (χ2n) is 7.95. The minimum absolute atomic E-state index is 0.0217. The van der Waals surface area contributed by atoms with Crippen LogP contribution in [-0.4, -0.2) is 53.5 Å². The van der Waals surface area contributed by atoms with Gasteiger partial charge in [-0.3, -0.25) is 14.4 Å². The van der Waals surface area contributed by atoms with Crippen LogP contribution in [0.15, 0.2) is 0 Å². The third kappa shape index (κ3) is 9.16. The van der Waals surface area contributed by atoms with Crippen molar-refractivity contribution < 1.29 is 24.3 Å². The maximum atomic E-state index is 12.5. The molecule has 0 saturated carbocycles. The van der Waals surface area contributed by atoms with Crippen LogP contribution in [-0.2, 0) is 19.2 Å². The topological polar surface area (TPSA) is 151 Å². The van der Waals surface area contributed by atoms with Crippen molar-refractivity contribution in [2.24, 2.45) is 23.5 Å². The maximum Gasteiger partial charge on any atom is 0.326 e. The second-order valence-corrected chi connectivity index (χ2v) is 7.95. The van der Waals surface area contributed by atoms with Crippen LogP contribution in [0.25, 0.3) is 0 Å². The van der Waals surface area contributed by atoms with Crippen molar-refractivity contribution in [3.8, 4) is 0 Å². The van der Waals surface area contributed by atoms with Crippen molar-refractivity contribution >= 4 is 23.7 Å². The number of aliphatic carboxylic acids is 1. The van der Waals surface area contributed by atoms with Gasteiger partial charge in [0.1, 0.15) is 12.1 Å². The molecule has 162 valence electrons. The molecule has 3 amide bonds. The number of carboxylic acids is 1. The Hall–Kier alpha value is -2.16. The summed E-state index contributed by atoms with van der Waals surface area (Å²) < 4.78 is 0. The number of amides is 3. The number of nitrogens with one attached hydrogen (secondary N) is 3. The van der Waals surface area contributed by atoms with Crippen molar-refractivity contribution in [3.63, 3.8) is 0 Å². The van der Waals surface area contributed by atoms with Crippen LogP contribution in [0.4, 0.5) is 0 Å². The molecule has 0 fully saturated rings. The van der Waals surface area contributed by atoms with Gasteiger partial charge in [-0.1, -0.05) is 48.0 Å².